The number of carbonyl (C=O) groups excluding carboxylic acids is 12. The van der Waals surface area contributed by atoms with Crippen LogP contribution in [-0.4, -0.2) is 238 Å². The molecular formula is C88H82F6N4O27. The van der Waals surface area contributed by atoms with E-state index in [-0.39, 0.29) is 78.6 Å². The van der Waals surface area contributed by atoms with Gasteiger partial charge in [-0.15, -0.1) is 0 Å². The first-order valence-electron chi connectivity index (χ1n) is 38.2. The molecule has 5 aliphatic heterocycles. The lowest BCUT2D eigenvalue weighted by Gasteiger charge is -2.58. The highest BCUT2D eigenvalue weighted by Gasteiger charge is 2.82. The molecular weight excluding hydrogens is 1660 g/mol. The molecule has 0 radical (unpaired) electrons. The first kappa shape index (κ1) is 92.7. The highest BCUT2D eigenvalue weighted by Crippen LogP contribution is 2.58. The van der Waals surface area contributed by atoms with Crippen LogP contribution in [0.25, 0.3) is 90.9 Å². The molecule has 4 aromatic carbocycles. The van der Waals surface area contributed by atoms with E-state index in [0.29, 0.717) is 74.4 Å². The number of aromatic amines is 2. The normalized spacial score (nSPS) is 29.3. The number of aromatic nitrogens is 4. The van der Waals surface area contributed by atoms with Gasteiger partial charge in [-0.25, -0.2) is 9.97 Å². The number of H-pyrrole nitrogens is 2. The third-order valence-corrected chi connectivity index (χ3v) is 24.5. The molecule has 7 aromatic rings. The minimum Gasteiger partial charge on any atom is -0.382 e. The molecule has 37 heteroatoms. The molecule has 0 aliphatic carbocycles. The summed E-state index contributed by atoms with van der Waals surface area (Å²) < 4.78 is 110. The Hall–Kier alpha value is -11.5. The van der Waals surface area contributed by atoms with Crippen LogP contribution in [0.2, 0.25) is 0 Å². The van der Waals surface area contributed by atoms with E-state index in [1.165, 1.54) is 78.9 Å². The summed E-state index contributed by atoms with van der Waals surface area (Å²) in [4.78, 5) is 182. The summed E-state index contributed by atoms with van der Waals surface area (Å²) in [5.74, 6) is -18.3. The summed E-state index contributed by atoms with van der Waals surface area (Å²) in [6.07, 6.45) is -29.6. The van der Waals surface area contributed by atoms with Crippen LogP contribution in [0.3, 0.4) is 0 Å². The molecule has 658 valence electrons. The number of alkyl halides is 6. The van der Waals surface area contributed by atoms with Crippen molar-refractivity contribution in [3.63, 3.8) is 0 Å². The number of nitrogens with one attached hydrogen (secondary N) is 2. The molecule has 12 rings (SSSR count). The van der Waals surface area contributed by atoms with Crippen LogP contribution in [0, 0.1) is 0 Å². The Kier molecular flexibility index (Phi) is 23.4. The van der Waals surface area contributed by atoms with E-state index in [0.717, 1.165) is 63.2 Å². The molecule has 3 saturated heterocycles. The number of benzene rings is 4. The molecule has 14 N–H and O–H groups in total. The molecule has 31 nitrogen and oxygen atoms in total. The fourth-order valence-corrected chi connectivity index (χ4v) is 18.0. The number of ether oxygens (including phenoxy) is 3. The number of hydrogen-bond donors (Lipinski definition) is 14. The number of Topliss-reactive ketones (excluding diaryl/α,β-unsaturated/α-hetero) is 12. The van der Waals surface area contributed by atoms with Gasteiger partial charge < -0.3 is 85.5 Å². The van der Waals surface area contributed by atoms with Crippen LogP contribution in [0.4, 0.5) is 26.3 Å². The van der Waals surface area contributed by atoms with Crippen LogP contribution >= 0.6 is 0 Å². The van der Waals surface area contributed by atoms with Crippen molar-refractivity contribution in [2.45, 2.75) is 201 Å². The van der Waals surface area contributed by atoms with Gasteiger partial charge in [-0.05, 0) is 207 Å². The highest BCUT2D eigenvalue weighted by atomic mass is 19.4. The van der Waals surface area contributed by atoms with Gasteiger partial charge in [-0.1, -0.05) is 54.6 Å². The second-order valence-corrected chi connectivity index (χ2v) is 31.9. The molecule has 3 fully saturated rings. The molecule has 5 aliphatic rings. The standard InChI is InChI=1S/C88H82F6N4O27/c1-36(99)69(111)75-81(117,42(7)105)84(120,45(10)108)78(114,39(4)102)72(123-75)51-19-13-16-48(30-51)65-57-22-24-59(95-57)66(49-17-14-20-52(31-49)73-79(115,40(5)103)85(121,46(11)109)82(118,43(8)106)76(124-73)70(112)37(2)100)61-26-28-63(97-61)68(54-33-55(87(89,90)91)35-56(34-54)88(92,93)94)64-29-27-62(98-64)67(60-25-23-58(65)96-60)50-18-15-21-53(32-50)74-80(116,41(6)104)86(122,47(12)110)83(119,44(9)107)77(125-74)71(113)38(3)101/h13-35,69-77,95,98,111-122H,1-12H3/t69?,70?,71?,72-,73-,74-,75+,76+,77+,78-,79-,80-,81-,82-,83-,84+,85+,86+/m0/s1. The number of halogens is 6. The topological polar surface area (TPSA) is 533 Å². The largest absolute Gasteiger partial charge is 0.416 e. The van der Waals surface area contributed by atoms with Crippen LogP contribution in [0.15, 0.2) is 115 Å². The molecule has 3 unspecified atom stereocenters. The van der Waals surface area contributed by atoms with Crippen LogP contribution in [0.1, 0.15) is 152 Å². The van der Waals surface area contributed by atoms with E-state index < -0.39 is 232 Å². The Bertz CT molecular complexity index is 5930. The first-order chi connectivity index (χ1) is 57.8. The van der Waals surface area contributed by atoms with E-state index in [9.17, 15) is 119 Å². The molecule has 8 bridgehead atoms. The van der Waals surface area contributed by atoms with Gasteiger partial charge in [0.2, 0.25) is 0 Å². The van der Waals surface area contributed by atoms with E-state index >= 15 is 26.3 Å². The number of nitrogens with zero attached hydrogens (tertiary/aromatic N) is 2. The molecule has 18 atom stereocenters. The lowest BCUT2D eigenvalue weighted by molar-refractivity contribution is -0.329. The zero-order valence-corrected chi connectivity index (χ0v) is 68.1. The second-order valence-electron chi connectivity index (χ2n) is 31.9. The van der Waals surface area contributed by atoms with Gasteiger partial charge in [0.05, 0.1) is 33.9 Å². The van der Waals surface area contributed by atoms with Crippen molar-refractivity contribution in [2.75, 3.05) is 0 Å². The highest BCUT2D eigenvalue weighted by molar-refractivity contribution is 6.10. The maximum Gasteiger partial charge on any atom is 0.416 e. The summed E-state index contributed by atoms with van der Waals surface area (Å²) in [6, 6.07) is 20.0. The SMILES string of the molecule is CC(=O)C(O)[C@H]1O[C@@H](c2cccc(-c3c4nc(c(-c5cccc([C@@H]6O[C@H](C(O)C(C)=O)[C@@](O)(C(C)=O)[C@@](O)(C(C)=O)[C@]6(O)C(C)=O)c5)c5ccc([nH]5)c(-c5cc(C(F)(F)F)cc(C(F)(F)F)c5)c5nc(c(-c6cccc([C@@H]7O[C@H](C(O)C(C)=O)[C@@](O)(C(C)=O)[C@@](O)(C(C)=O)[C@]7(O)C(C)=O)c6)c6ccc3[nH]6)C=C5)C=C4)c2)[C@@](O)(C(C)=O)[C@](O)(C(C)=O)[C@]1(O)C(C)=O. The minimum absolute atomic E-state index is 0.125. The Morgan fingerprint density at radius 3 is 0.744 bits per heavy atom. The maximum absolute atomic E-state index is 15.3. The van der Waals surface area contributed by atoms with Crippen molar-refractivity contribution in [1.82, 2.24) is 19.9 Å². The summed E-state index contributed by atoms with van der Waals surface area (Å²) >= 11 is 0. The van der Waals surface area contributed by atoms with Gasteiger partial charge in [0.1, 0.15) is 54.9 Å². The molecule has 3 aromatic heterocycles. The lowest BCUT2D eigenvalue weighted by Crippen LogP contribution is -2.85. The van der Waals surface area contributed by atoms with E-state index in [1.807, 2.05) is 0 Å². The fourth-order valence-electron chi connectivity index (χ4n) is 18.0. The molecule has 125 heavy (non-hydrogen) atoms. The fraction of sp³-hybridized carbons (Fsp3) is 0.364. The van der Waals surface area contributed by atoms with Crippen molar-refractivity contribution in [2.24, 2.45) is 0 Å². The number of ketones is 12. The van der Waals surface area contributed by atoms with Gasteiger partial charge in [-0.3, -0.25) is 57.5 Å². The zero-order chi connectivity index (χ0) is 93.0. The van der Waals surface area contributed by atoms with Crippen LogP contribution in [0.5, 0.6) is 0 Å². The van der Waals surface area contributed by atoms with E-state index in [2.05, 4.69) is 9.97 Å². The monoisotopic (exact) mass is 1740 g/mol. The number of rotatable bonds is 22. The third kappa shape index (κ3) is 13.5. The first-order valence-corrected chi connectivity index (χ1v) is 38.2. The van der Waals surface area contributed by atoms with Crippen molar-refractivity contribution >= 4 is 116 Å². The Labute approximate surface area is 703 Å². The minimum atomic E-state index is -5.52. The number of aliphatic hydroxyl groups excluding tert-OH is 3. The summed E-state index contributed by atoms with van der Waals surface area (Å²) in [6.45, 7) is 7.66. The summed E-state index contributed by atoms with van der Waals surface area (Å²) in [7, 11) is 0. The molecule has 0 spiro atoms. The summed E-state index contributed by atoms with van der Waals surface area (Å²) in [5.41, 5.74) is -44.5. The van der Waals surface area contributed by atoms with E-state index in [4.69, 9.17) is 24.2 Å². The average molecular weight is 1740 g/mol. The Morgan fingerprint density at radius 2 is 0.544 bits per heavy atom. The average Bonchev–Trinajstić information content (AvgIpc) is 0.821. The van der Waals surface area contributed by atoms with Crippen LogP contribution < -0.4 is 0 Å². The van der Waals surface area contributed by atoms with Crippen molar-refractivity contribution in [3.8, 4) is 44.5 Å². The smallest absolute Gasteiger partial charge is 0.382 e. The predicted molar refractivity (Wildman–Crippen MR) is 424 cm³/mol. The Balaban J connectivity index is 1.26. The molecule has 8 heterocycles. The number of hydrogen-bond acceptors (Lipinski definition) is 29. The third-order valence-electron chi connectivity index (χ3n) is 24.5. The van der Waals surface area contributed by atoms with Gasteiger partial charge in [-0.2, -0.15) is 26.3 Å². The lowest BCUT2D eigenvalue weighted by atomic mass is 9.57. The molecule has 0 amide bonds. The Morgan fingerprint density at radius 1 is 0.320 bits per heavy atom. The van der Waals surface area contributed by atoms with Gasteiger partial charge in [0, 0.05) is 44.3 Å². The van der Waals surface area contributed by atoms with Gasteiger partial charge >= 0.3 is 12.4 Å². The number of fused-ring (bicyclic) bond motifs is 8. The predicted octanol–water partition coefficient (Wildman–Crippen LogP) is 5.41. The maximum atomic E-state index is 15.3. The van der Waals surface area contributed by atoms with Crippen molar-refractivity contribution < 1.29 is 159 Å². The van der Waals surface area contributed by atoms with E-state index in [1.54, 1.807) is 0 Å². The number of aliphatic hydroxyl groups is 12. The zero-order valence-electron chi connectivity index (χ0n) is 68.1. The van der Waals surface area contributed by atoms with Crippen LogP contribution in [-0.2, 0) is 84.1 Å². The molecule has 0 saturated carbocycles. The van der Waals surface area contributed by atoms with Gasteiger partial charge in [0.15, 0.2) is 120 Å². The second kappa shape index (κ2) is 31.6. The number of carbonyl (C=O) groups is 12. The summed E-state index contributed by atoms with van der Waals surface area (Å²) in [5, 5.41) is 149. The van der Waals surface area contributed by atoms with Crippen molar-refractivity contribution in [3.05, 3.63) is 166 Å². The van der Waals surface area contributed by atoms with Gasteiger partial charge in [0.25, 0.3) is 0 Å². The van der Waals surface area contributed by atoms with Crippen molar-refractivity contribution in [1.29, 1.82) is 0 Å². The quantitative estimate of drug-likeness (QED) is 0.0377.